The Morgan fingerprint density at radius 3 is 2.71 bits per heavy atom. The number of rotatable bonds is 7. The first-order chi connectivity index (χ1) is 16.7. The normalized spacial score (nSPS) is 15.6. The molecule has 35 heavy (non-hydrogen) atoms. The molecule has 5 rings (SSSR count). The van der Waals surface area contributed by atoms with E-state index >= 15 is 4.39 Å². The Morgan fingerprint density at radius 1 is 1.20 bits per heavy atom. The molecule has 0 saturated heterocycles. The van der Waals surface area contributed by atoms with Crippen LogP contribution in [0.5, 0.6) is 11.6 Å². The van der Waals surface area contributed by atoms with E-state index in [1.54, 1.807) is 19.1 Å². The summed E-state index contributed by atoms with van der Waals surface area (Å²) in [7, 11) is 0. The van der Waals surface area contributed by atoms with Crippen LogP contribution in [0.2, 0.25) is 5.02 Å². The van der Waals surface area contributed by atoms with Crippen molar-refractivity contribution in [2.75, 3.05) is 6.54 Å². The van der Waals surface area contributed by atoms with Crippen LogP contribution < -0.4 is 10.1 Å². The first kappa shape index (κ1) is 23.8. The lowest BCUT2D eigenvalue weighted by atomic mass is 9.94. The number of nitrogens with one attached hydrogen (secondary N) is 2. The molecule has 2 aromatic carbocycles. The van der Waals surface area contributed by atoms with Gasteiger partial charge in [0.05, 0.1) is 6.54 Å². The van der Waals surface area contributed by atoms with Crippen molar-refractivity contribution in [2.24, 2.45) is 0 Å². The number of alkyl halides is 2. The smallest absolute Gasteiger partial charge is 0.290 e. The summed E-state index contributed by atoms with van der Waals surface area (Å²) in [5.41, 5.74) is 2.48. The van der Waals surface area contributed by atoms with E-state index in [4.69, 9.17) is 16.3 Å². The van der Waals surface area contributed by atoms with Gasteiger partial charge in [0, 0.05) is 16.3 Å². The number of ether oxygens (including phenoxy) is 1. The Hall–Kier alpha value is -2.93. The van der Waals surface area contributed by atoms with Crippen molar-refractivity contribution in [1.29, 1.82) is 0 Å². The van der Waals surface area contributed by atoms with Gasteiger partial charge in [0.1, 0.15) is 5.56 Å². The van der Waals surface area contributed by atoms with Crippen LogP contribution in [0.25, 0.3) is 0 Å². The molecule has 0 radical (unpaired) electrons. The maximum absolute atomic E-state index is 15.1. The SMILES string of the molecule is Cc1cc(Cl)ccc1C(F)(F)CNC(=O)c1c(Oc2cccc(C3CC3)c2F)[nH]c2c1CCCC2. The summed E-state index contributed by atoms with van der Waals surface area (Å²) in [4.78, 5) is 16.3. The van der Waals surface area contributed by atoms with Gasteiger partial charge in [-0.1, -0.05) is 29.8 Å². The largest absolute Gasteiger partial charge is 0.437 e. The van der Waals surface area contributed by atoms with Crippen LogP contribution in [0.4, 0.5) is 13.2 Å². The summed E-state index contributed by atoms with van der Waals surface area (Å²) in [5.74, 6) is -4.12. The Morgan fingerprint density at radius 2 is 1.97 bits per heavy atom. The van der Waals surface area contributed by atoms with Gasteiger partial charge in [-0.25, -0.2) is 4.39 Å². The van der Waals surface area contributed by atoms with Gasteiger partial charge < -0.3 is 15.0 Å². The number of aromatic nitrogens is 1. The third-order valence-electron chi connectivity index (χ3n) is 6.76. The lowest BCUT2D eigenvalue weighted by Gasteiger charge is -2.20. The third kappa shape index (κ3) is 4.79. The van der Waals surface area contributed by atoms with E-state index in [0.717, 1.165) is 36.9 Å². The van der Waals surface area contributed by atoms with E-state index in [2.05, 4.69) is 10.3 Å². The standard InChI is InChI=1S/C27H26ClF3N2O2/c1-15-13-17(28)11-12-20(15)27(30,31)14-32-25(34)23-19-5-2-3-7-21(19)33-26(23)35-22-8-4-6-18(24(22)29)16-9-10-16/h4,6,8,11-13,16,33H,2-3,5,7,9-10,14H2,1H3,(H,32,34). The zero-order valence-electron chi connectivity index (χ0n) is 19.3. The molecule has 3 aromatic rings. The minimum Gasteiger partial charge on any atom is -0.437 e. The number of carbonyl (C=O) groups is 1. The highest BCUT2D eigenvalue weighted by atomic mass is 35.5. The molecule has 1 heterocycles. The topological polar surface area (TPSA) is 54.1 Å². The minimum absolute atomic E-state index is 0.0177. The number of benzene rings is 2. The number of halogens is 4. The second-order valence-corrected chi connectivity index (χ2v) is 9.81. The number of carbonyl (C=O) groups excluding carboxylic acids is 1. The molecule has 0 atom stereocenters. The zero-order valence-corrected chi connectivity index (χ0v) is 20.1. The van der Waals surface area contributed by atoms with Gasteiger partial charge in [-0.05, 0) is 86.3 Å². The van der Waals surface area contributed by atoms with Gasteiger partial charge in [-0.3, -0.25) is 4.79 Å². The predicted octanol–water partition coefficient (Wildman–Crippen LogP) is 7.19. The van der Waals surface area contributed by atoms with Crippen molar-refractivity contribution in [3.05, 3.63) is 80.7 Å². The van der Waals surface area contributed by atoms with Crippen molar-refractivity contribution in [1.82, 2.24) is 10.3 Å². The fraction of sp³-hybridized carbons (Fsp3) is 0.370. The summed E-state index contributed by atoms with van der Waals surface area (Å²) in [6.45, 7) is 0.662. The Bertz CT molecular complexity index is 1280. The van der Waals surface area contributed by atoms with Crippen LogP contribution >= 0.6 is 11.6 Å². The van der Waals surface area contributed by atoms with E-state index in [0.29, 0.717) is 29.0 Å². The van der Waals surface area contributed by atoms with E-state index < -0.39 is 24.2 Å². The molecule has 0 bridgehead atoms. The molecule has 0 spiro atoms. The number of aromatic amines is 1. The molecule has 1 saturated carbocycles. The van der Waals surface area contributed by atoms with Crippen LogP contribution in [0.3, 0.4) is 0 Å². The molecule has 2 aliphatic carbocycles. The second-order valence-electron chi connectivity index (χ2n) is 9.38. The zero-order chi connectivity index (χ0) is 24.7. The van der Waals surface area contributed by atoms with Gasteiger partial charge in [0.2, 0.25) is 5.88 Å². The van der Waals surface area contributed by atoms with Gasteiger partial charge in [0.15, 0.2) is 11.6 Å². The summed E-state index contributed by atoms with van der Waals surface area (Å²) in [6, 6.07) is 9.12. The molecule has 2 N–H and O–H groups in total. The predicted molar refractivity (Wildman–Crippen MR) is 128 cm³/mol. The average Bonchev–Trinajstić information content (AvgIpc) is 3.59. The maximum Gasteiger partial charge on any atom is 0.290 e. The number of H-pyrrole nitrogens is 1. The molecule has 2 aliphatic rings. The highest BCUT2D eigenvalue weighted by molar-refractivity contribution is 6.30. The lowest BCUT2D eigenvalue weighted by Crippen LogP contribution is -2.35. The summed E-state index contributed by atoms with van der Waals surface area (Å²) in [6.07, 6.45) is 5.01. The fourth-order valence-corrected chi connectivity index (χ4v) is 5.04. The number of fused-ring (bicyclic) bond motifs is 1. The molecule has 0 unspecified atom stereocenters. The molecule has 1 amide bonds. The number of hydrogen-bond donors (Lipinski definition) is 2. The van der Waals surface area contributed by atoms with Crippen molar-refractivity contribution in [3.8, 4) is 11.6 Å². The molecule has 1 fully saturated rings. The monoisotopic (exact) mass is 502 g/mol. The first-order valence-corrected chi connectivity index (χ1v) is 12.2. The molecule has 1 aromatic heterocycles. The first-order valence-electron chi connectivity index (χ1n) is 11.9. The van der Waals surface area contributed by atoms with Crippen molar-refractivity contribution in [2.45, 2.75) is 57.3 Å². The van der Waals surface area contributed by atoms with Crippen LogP contribution in [0.15, 0.2) is 36.4 Å². The Balaban J connectivity index is 1.41. The molecular weight excluding hydrogens is 477 g/mol. The second kappa shape index (κ2) is 9.26. The molecule has 4 nitrogen and oxygen atoms in total. The van der Waals surface area contributed by atoms with Crippen molar-refractivity contribution >= 4 is 17.5 Å². The van der Waals surface area contributed by atoms with Crippen molar-refractivity contribution in [3.63, 3.8) is 0 Å². The van der Waals surface area contributed by atoms with Crippen LogP contribution in [0.1, 0.15) is 69.9 Å². The molecule has 8 heteroatoms. The number of hydrogen-bond acceptors (Lipinski definition) is 2. The summed E-state index contributed by atoms with van der Waals surface area (Å²) in [5, 5.41) is 2.75. The highest BCUT2D eigenvalue weighted by Crippen LogP contribution is 2.44. The quantitative estimate of drug-likeness (QED) is 0.359. The van der Waals surface area contributed by atoms with E-state index in [9.17, 15) is 13.6 Å². The molecule has 0 aliphatic heterocycles. The number of amides is 1. The van der Waals surface area contributed by atoms with Crippen LogP contribution in [-0.4, -0.2) is 17.4 Å². The van der Waals surface area contributed by atoms with Gasteiger partial charge in [-0.2, -0.15) is 8.78 Å². The van der Waals surface area contributed by atoms with Crippen molar-refractivity contribution < 1.29 is 22.7 Å². The Kier molecular flexibility index (Phi) is 6.30. The Labute approximate surface area is 206 Å². The summed E-state index contributed by atoms with van der Waals surface area (Å²) >= 11 is 5.90. The molecule has 184 valence electrons. The maximum atomic E-state index is 15.1. The highest BCUT2D eigenvalue weighted by Gasteiger charge is 2.35. The third-order valence-corrected chi connectivity index (χ3v) is 7.00. The lowest BCUT2D eigenvalue weighted by molar-refractivity contribution is -0.00309. The van der Waals surface area contributed by atoms with E-state index in [1.165, 1.54) is 24.3 Å². The summed E-state index contributed by atoms with van der Waals surface area (Å²) < 4.78 is 50.9. The number of aryl methyl sites for hydroxylation is 2. The van der Waals surface area contributed by atoms with E-state index in [-0.39, 0.29) is 28.7 Å². The fourth-order valence-electron chi connectivity index (χ4n) is 4.81. The van der Waals surface area contributed by atoms with Crippen LogP contribution in [0, 0.1) is 12.7 Å². The molecular formula is C27H26ClF3N2O2. The van der Waals surface area contributed by atoms with Gasteiger partial charge >= 0.3 is 0 Å². The van der Waals surface area contributed by atoms with Crippen LogP contribution in [-0.2, 0) is 18.8 Å². The van der Waals surface area contributed by atoms with E-state index in [1.807, 2.05) is 0 Å². The minimum atomic E-state index is -3.30. The van der Waals surface area contributed by atoms with Gasteiger partial charge in [-0.15, -0.1) is 0 Å². The average molecular weight is 503 g/mol. The van der Waals surface area contributed by atoms with Gasteiger partial charge in [0.25, 0.3) is 11.8 Å².